The molecular weight excluding hydrogens is 440 g/mol. The Morgan fingerprint density at radius 3 is 2.12 bits per heavy atom. The summed E-state index contributed by atoms with van der Waals surface area (Å²) in [6, 6.07) is 8.34. The van der Waals surface area contributed by atoms with Crippen molar-refractivity contribution in [1.82, 2.24) is 15.0 Å². The number of aromatic nitrogens is 3. The van der Waals surface area contributed by atoms with E-state index in [-0.39, 0.29) is 11.6 Å². The van der Waals surface area contributed by atoms with Gasteiger partial charge < -0.3 is 19.8 Å². The lowest BCUT2D eigenvalue weighted by molar-refractivity contribution is -0.114. The fourth-order valence-electron chi connectivity index (χ4n) is 2.46. The molecule has 2 N–H and O–H groups in total. The number of rotatable bonds is 3. The molecular formula is C23H26N4O5Si. The van der Waals surface area contributed by atoms with Crippen LogP contribution in [0.1, 0.15) is 33.6 Å². The van der Waals surface area contributed by atoms with Crippen LogP contribution in [0.15, 0.2) is 36.5 Å². The van der Waals surface area contributed by atoms with Gasteiger partial charge in [0.1, 0.15) is 25.2 Å². The Morgan fingerprint density at radius 1 is 0.939 bits per heavy atom. The number of nitrogens with one attached hydrogen (secondary N) is 2. The number of fused-ring (bicyclic) bond motifs is 1. The van der Waals surface area contributed by atoms with Crippen LogP contribution in [0.25, 0.3) is 11.0 Å². The van der Waals surface area contributed by atoms with Crippen molar-refractivity contribution in [1.29, 1.82) is 0 Å². The molecule has 3 aromatic rings. The van der Waals surface area contributed by atoms with E-state index in [1.54, 1.807) is 24.4 Å². The van der Waals surface area contributed by atoms with Crippen LogP contribution in [0.5, 0.6) is 0 Å². The molecule has 172 valence electrons. The van der Waals surface area contributed by atoms with Crippen LogP contribution < -0.4 is 5.32 Å². The number of esters is 2. The number of H-pyrrole nitrogens is 1. The van der Waals surface area contributed by atoms with Gasteiger partial charge >= 0.3 is 11.9 Å². The maximum atomic E-state index is 11.5. The SMILES string of the molecule is COC(=O)c1ccc(NC(C)=O)c(C#C[Si](C)(C)C)n1.COC(=O)c1ccc2[nH]ccc2n1. The van der Waals surface area contributed by atoms with Gasteiger partial charge in [0.15, 0.2) is 0 Å². The lowest BCUT2D eigenvalue weighted by Crippen LogP contribution is -2.17. The Bertz CT molecular complexity index is 1230. The van der Waals surface area contributed by atoms with Gasteiger partial charge in [-0.3, -0.25) is 4.79 Å². The molecule has 9 nitrogen and oxygen atoms in total. The number of pyridine rings is 2. The minimum atomic E-state index is -1.59. The fraction of sp³-hybridized carbons (Fsp3) is 0.261. The molecule has 0 saturated heterocycles. The van der Waals surface area contributed by atoms with Crippen LogP contribution >= 0.6 is 0 Å². The first kappa shape index (κ1) is 25.3. The molecule has 33 heavy (non-hydrogen) atoms. The number of ether oxygens (including phenoxy) is 2. The van der Waals surface area contributed by atoms with E-state index >= 15 is 0 Å². The third-order valence-corrected chi connectivity index (χ3v) is 4.83. The summed E-state index contributed by atoms with van der Waals surface area (Å²) in [7, 11) is 1.04. The fourth-order valence-corrected chi connectivity index (χ4v) is 2.96. The van der Waals surface area contributed by atoms with Crippen molar-refractivity contribution in [2.75, 3.05) is 19.5 Å². The molecule has 1 amide bonds. The second-order valence-corrected chi connectivity index (χ2v) is 12.6. The van der Waals surface area contributed by atoms with Crippen LogP contribution in [0.2, 0.25) is 19.6 Å². The van der Waals surface area contributed by atoms with Crippen molar-refractivity contribution in [2.45, 2.75) is 26.6 Å². The summed E-state index contributed by atoms with van der Waals surface area (Å²) in [4.78, 5) is 45.0. The van der Waals surface area contributed by atoms with Gasteiger partial charge in [-0.2, -0.15) is 0 Å². The van der Waals surface area contributed by atoms with E-state index in [2.05, 4.69) is 60.8 Å². The number of hydrogen-bond acceptors (Lipinski definition) is 7. The Hall–Kier alpha value is -3.97. The summed E-state index contributed by atoms with van der Waals surface area (Å²) in [6.45, 7) is 7.70. The van der Waals surface area contributed by atoms with Gasteiger partial charge in [0.05, 0.1) is 30.9 Å². The number of aromatic amines is 1. The van der Waals surface area contributed by atoms with E-state index in [0.29, 0.717) is 17.1 Å². The Balaban J connectivity index is 0.000000254. The smallest absolute Gasteiger partial charge is 0.356 e. The second-order valence-electron chi connectivity index (χ2n) is 7.86. The van der Waals surface area contributed by atoms with E-state index in [1.807, 2.05) is 6.07 Å². The first-order chi connectivity index (χ1) is 15.5. The van der Waals surface area contributed by atoms with E-state index < -0.39 is 20.0 Å². The molecule has 10 heteroatoms. The summed E-state index contributed by atoms with van der Waals surface area (Å²) in [5.41, 5.74) is 6.21. The number of hydrogen-bond donors (Lipinski definition) is 2. The van der Waals surface area contributed by atoms with Crippen molar-refractivity contribution in [2.24, 2.45) is 0 Å². The van der Waals surface area contributed by atoms with Crippen LogP contribution in [0.3, 0.4) is 0 Å². The summed E-state index contributed by atoms with van der Waals surface area (Å²) in [5.74, 6) is 1.80. The van der Waals surface area contributed by atoms with Crippen LogP contribution in [-0.2, 0) is 14.3 Å². The summed E-state index contributed by atoms with van der Waals surface area (Å²) in [5, 5.41) is 2.65. The van der Waals surface area contributed by atoms with Crippen molar-refractivity contribution in [3.05, 3.63) is 53.6 Å². The Kier molecular flexibility index (Phi) is 8.47. The monoisotopic (exact) mass is 466 g/mol. The highest BCUT2D eigenvalue weighted by atomic mass is 28.3. The van der Waals surface area contributed by atoms with Gasteiger partial charge in [-0.25, -0.2) is 19.6 Å². The van der Waals surface area contributed by atoms with Crippen molar-refractivity contribution in [3.63, 3.8) is 0 Å². The van der Waals surface area contributed by atoms with E-state index in [9.17, 15) is 14.4 Å². The molecule has 0 unspecified atom stereocenters. The molecule has 3 heterocycles. The zero-order chi connectivity index (χ0) is 24.6. The predicted molar refractivity (Wildman–Crippen MR) is 128 cm³/mol. The zero-order valence-corrected chi connectivity index (χ0v) is 20.4. The highest BCUT2D eigenvalue weighted by Crippen LogP contribution is 2.14. The minimum Gasteiger partial charge on any atom is -0.464 e. The normalized spacial score (nSPS) is 10.2. The molecule has 0 radical (unpaired) electrons. The lowest BCUT2D eigenvalue weighted by atomic mass is 10.2. The second kappa shape index (κ2) is 11.1. The predicted octanol–water partition coefficient (Wildman–Crippen LogP) is 3.41. The number of methoxy groups -OCH3 is 2. The van der Waals surface area contributed by atoms with Gasteiger partial charge in [-0.05, 0) is 30.3 Å². The molecule has 0 aliphatic rings. The molecule has 0 aliphatic carbocycles. The number of carbonyl (C=O) groups is 3. The quantitative estimate of drug-likeness (QED) is 0.344. The number of anilines is 1. The molecule has 0 aromatic carbocycles. The van der Waals surface area contributed by atoms with Crippen molar-refractivity contribution >= 4 is 42.6 Å². The number of amides is 1. The Morgan fingerprint density at radius 2 is 1.55 bits per heavy atom. The first-order valence-corrected chi connectivity index (χ1v) is 13.5. The zero-order valence-electron chi connectivity index (χ0n) is 19.4. The third-order valence-electron chi connectivity index (χ3n) is 3.96. The third kappa shape index (κ3) is 7.59. The van der Waals surface area contributed by atoms with E-state index in [1.165, 1.54) is 27.2 Å². The molecule has 0 aliphatic heterocycles. The van der Waals surface area contributed by atoms with Gasteiger partial charge in [-0.1, -0.05) is 25.6 Å². The van der Waals surface area contributed by atoms with Gasteiger partial charge in [0, 0.05) is 13.1 Å². The standard InChI is InChI=1S/C14H18N2O3Si.C9H8N2O2/c1-10(17)15-11-6-7-13(14(18)19-2)16-12(11)8-9-20(3,4)5;1-13-9(12)8-3-2-6-7(11-8)4-5-10-6/h6-7H,1-5H3,(H,15,17);2-5,10H,1H3. The maximum absolute atomic E-state index is 11.5. The summed E-state index contributed by atoms with van der Waals surface area (Å²) < 4.78 is 9.18. The summed E-state index contributed by atoms with van der Waals surface area (Å²) >= 11 is 0. The number of nitrogens with zero attached hydrogens (tertiary/aromatic N) is 2. The molecule has 0 atom stereocenters. The Labute approximate surface area is 192 Å². The van der Waals surface area contributed by atoms with Crippen molar-refractivity contribution in [3.8, 4) is 11.5 Å². The van der Waals surface area contributed by atoms with Gasteiger partial charge in [0.25, 0.3) is 0 Å². The minimum absolute atomic E-state index is 0.168. The molecule has 0 spiro atoms. The lowest BCUT2D eigenvalue weighted by Gasteiger charge is -2.08. The molecule has 3 rings (SSSR count). The van der Waals surface area contributed by atoms with E-state index in [4.69, 9.17) is 0 Å². The van der Waals surface area contributed by atoms with Gasteiger partial charge in [0.2, 0.25) is 5.91 Å². The number of carbonyl (C=O) groups excluding carboxylic acids is 3. The highest BCUT2D eigenvalue weighted by molar-refractivity contribution is 6.83. The first-order valence-electron chi connectivity index (χ1n) is 9.96. The topological polar surface area (TPSA) is 123 Å². The van der Waals surface area contributed by atoms with Gasteiger partial charge in [-0.15, -0.1) is 5.54 Å². The van der Waals surface area contributed by atoms with Crippen LogP contribution in [-0.4, -0.2) is 55.1 Å². The van der Waals surface area contributed by atoms with E-state index in [0.717, 1.165) is 11.0 Å². The average Bonchev–Trinajstić information content (AvgIpc) is 3.24. The van der Waals surface area contributed by atoms with Crippen molar-refractivity contribution < 1.29 is 23.9 Å². The molecule has 0 bridgehead atoms. The van der Waals surface area contributed by atoms with Crippen LogP contribution in [0, 0.1) is 11.5 Å². The average molecular weight is 467 g/mol. The summed E-state index contributed by atoms with van der Waals surface area (Å²) in [6.07, 6.45) is 1.78. The molecule has 3 aromatic heterocycles. The largest absolute Gasteiger partial charge is 0.464 e. The maximum Gasteiger partial charge on any atom is 0.356 e. The van der Waals surface area contributed by atoms with Crippen LogP contribution in [0.4, 0.5) is 5.69 Å². The highest BCUT2D eigenvalue weighted by Gasteiger charge is 2.13. The molecule has 0 saturated carbocycles. The molecule has 0 fully saturated rings.